The molecule has 0 aliphatic heterocycles. The largest absolute Gasteiger partial charge is 0.493 e. The number of methoxy groups -OCH3 is 2. The first-order valence-electron chi connectivity index (χ1n) is 7.79. The number of carboxylic acid groups (broad SMARTS) is 1. The van der Waals surface area contributed by atoms with E-state index in [0.29, 0.717) is 18.0 Å². The Morgan fingerprint density at radius 2 is 1.92 bits per heavy atom. The normalized spacial score (nSPS) is 11.5. The Labute approximate surface area is 142 Å². The fourth-order valence-electron chi connectivity index (χ4n) is 2.24. The topological polar surface area (TPSA) is 88.1 Å². The van der Waals surface area contributed by atoms with Gasteiger partial charge >= 0.3 is 12.0 Å². The average molecular weight is 338 g/mol. The first-order valence-corrected chi connectivity index (χ1v) is 7.79. The lowest BCUT2D eigenvalue weighted by molar-refractivity contribution is -0.137. The van der Waals surface area contributed by atoms with Gasteiger partial charge in [-0.3, -0.25) is 4.79 Å². The summed E-state index contributed by atoms with van der Waals surface area (Å²) in [5.41, 5.74) is 1.09. The maximum atomic E-state index is 11.9. The summed E-state index contributed by atoms with van der Waals surface area (Å²) in [6.07, 6.45) is 0.713. The van der Waals surface area contributed by atoms with Crippen LogP contribution >= 0.6 is 0 Å². The van der Waals surface area contributed by atoms with Gasteiger partial charge in [0.15, 0.2) is 11.5 Å². The fourth-order valence-corrected chi connectivity index (χ4v) is 2.24. The highest BCUT2D eigenvalue weighted by atomic mass is 16.5. The van der Waals surface area contributed by atoms with Gasteiger partial charge in [-0.05, 0) is 30.0 Å². The number of hydrogen-bond acceptors (Lipinski definition) is 4. The highest BCUT2D eigenvalue weighted by molar-refractivity contribution is 5.74. The van der Waals surface area contributed by atoms with Gasteiger partial charge in [-0.15, -0.1) is 0 Å². The van der Waals surface area contributed by atoms with Crippen LogP contribution in [0.15, 0.2) is 18.2 Å². The number of carboxylic acids is 1. The zero-order valence-electron chi connectivity index (χ0n) is 14.7. The summed E-state index contributed by atoms with van der Waals surface area (Å²) >= 11 is 0. The van der Waals surface area contributed by atoms with Crippen LogP contribution in [0, 0.1) is 5.92 Å². The van der Waals surface area contributed by atoms with E-state index in [1.807, 2.05) is 25.1 Å². The molecule has 0 saturated heterocycles. The monoisotopic (exact) mass is 338 g/mol. The number of carbonyl (C=O) groups is 2. The van der Waals surface area contributed by atoms with Gasteiger partial charge in [-0.1, -0.05) is 13.0 Å². The molecule has 0 bridgehead atoms. The molecule has 0 aliphatic carbocycles. The number of ether oxygens (including phenoxy) is 2. The minimum atomic E-state index is -0.920. The number of carbonyl (C=O) groups excluding carboxylic acids is 1. The molecule has 1 aromatic rings. The van der Waals surface area contributed by atoms with Crippen molar-refractivity contribution in [3.63, 3.8) is 0 Å². The smallest absolute Gasteiger partial charge is 0.317 e. The fraction of sp³-hybridized carbons (Fsp3) is 0.529. The van der Waals surface area contributed by atoms with Crippen molar-refractivity contribution in [3.8, 4) is 11.5 Å². The second-order valence-electron chi connectivity index (χ2n) is 5.75. The van der Waals surface area contributed by atoms with Crippen molar-refractivity contribution in [2.75, 3.05) is 34.4 Å². The molecule has 24 heavy (non-hydrogen) atoms. The molecule has 134 valence electrons. The van der Waals surface area contributed by atoms with E-state index in [-0.39, 0.29) is 24.9 Å². The zero-order chi connectivity index (χ0) is 18.1. The summed E-state index contributed by atoms with van der Waals surface area (Å²) in [6, 6.07) is 5.49. The summed E-state index contributed by atoms with van der Waals surface area (Å²) < 4.78 is 10.5. The molecule has 0 radical (unpaired) electrons. The number of nitrogens with zero attached hydrogens (tertiary/aromatic N) is 1. The Bertz CT molecular complexity index is 562. The van der Waals surface area contributed by atoms with E-state index in [9.17, 15) is 9.59 Å². The van der Waals surface area contributed by atoms with Crippen LogP contribution < -0.4 is 14.8 Å². The minimum absolute atomic E-state index is 0.0644. The highest BCUT2D eigenvalue weighted by Crippen LogP contribution is 2.28. The molecule has 2 amide bonds. The molecule has 2 N–H and O–H groups in total. The Morgan fingerprint density at radius 3 is 2.50 bits per heavy atom. The molecule has 0 saturated carbocycles. The first kappa shape index (κ1) is 19.6. The van der Waals surface area contributed by atoms with Gasteiger partial charge in [0, 0.05) is 20.1 Å². The maximum absolute atomic E-state index is 11.9. The van der Waals surface area contributed by atoms with Gasteiger partial charge in [0.05, 0.1) is 20.6 Å². The third-order valence-electron chi connectivity index (χ3n) is 3.64. The van der Waals surface area contributed by atoms with Crippen LogP contribution in [0.5, 0.6) is 11.5 Å². The number of hydrogen-bond donors (Lipinski definition) is 2. The van der Waals surface area contributed by atoms with Gasteiger partial charge in [0.1, 0.15) is 0 Å². The van der Waals surface area contributed by atoms with Crippen LogP contribution in [-0.4, -0.2) is 56.4 Å². The number of amides is 2. The van der Waals surface area contributed by atoms with E-state index in [1.165, 1.54) is 4.90 Å². The molecule has 7 nitrogen and oxygen atoms in total. The lowest BCUT2D eigenvalue weighted by atomic mass is 10.0. The van der Waals surface area contributed by atoms with Crippen LogP contribution in [0.4, 0.5) is 4.79 Å². The van der Waals surface area contributed by atoms with E-state index >= 15 is 0 Å². The molecule has 0 spiro atoms. The Kier molecular flexibility index (Phi) is 7.88. The highest BCUT2D eigenvalue weighted by Gasteiger charge is 2.12. The molecule has 0 aliphatic rings. The van der Waals surface area contributed by atoms with Crippen molar-refractivity contribution in [2.45, 2.75) is 19.8 Å². The van der Waals surface area contributed by atoms with Crippen molar-refractivity contribution in [1.29, 1.82) is 0 Å². The van der Waals surface area contributed by atoms with Crippen LogP contribution in [0.1, 0.15) is 18.9 Å². The van der Waals surface area contributed by atoms with E-state index in [0.717, 1.165) is 12.0 Å². The number of rotatable bonds is 9. The summed E-state index contributed by atoms with van der Waals surface area (Å²) in [5, 5.41) is 11.4. The molecule has 0 fully saturated rings. The van der Waals surface area contributed by atoms with E-state index in [2.05, 4.69) is 5.32 Å². The maximum Gasteiger partial charge on any atom is 0.317 e. The lowest BCUT2D eigenvalue weighted by Gasteiger charge is -2.19. The van der Waals surface area contributed by atoms with E-state index < -0.39 is 5.97 Å². The van der Waals surface area contributed by atoms with Crippen LogP contribution in [-0.2, 0) is 11.2 Å². The second-order valence-corrected chi connectivity index (χ2v) is 5.75. The van der Waals surface area contributed by atoms with E-state index in [1.54, 1.807) is 21.3 Å². The third kappa shape index (κ3) is 6.36. The number of aliphatic carboxylic acids is 1. The molecule has 1 unspecified atom stereocenters. The minimum Gasteiger partial charge on any atom is -0.493 e. The Morgan fingerprint density at radius 1 is 1.25 bits per heavy atom. The van der Waals surface area contributed by atoms with Crippen LogP contribution in [0.3, 0.4) is 0 Å². The molecular weight excluding hydrogens is 312 g/mol. The predicted molar refractivity (Wildman–Crippen MR) is 90.7 cm³/mol. The molecule has 1 atom stereocenters. The van der Waals surface area contributed by atoms with Gasteiger partial charge in [-0.2, -0.15) is 0 Å². The van der Waals surface area contributed by atoms with Crippen molar-refractivity contribution in [2.24, 2.45) is 5.92 Å². The van der Waals surface area contributed by atoms with Crippen molar-refractivity contribution in [1.82, 2.24) is 10.2 Å². The SMILES string of the molecule is COc1ccc(CC(C)CNC(=O)N(C)CCC(=O)O)cc1OC. The third-order valence-corrected chi connectivity index (χ3v) is 3.64. The average Bonchev–Trinajstić information content (AvgIpc) is 2.57. The van der Waals surface area contributed by atoms with Gasteiger partial charge in [0.2, 0.25) is 0 Å². The van der Waals surface area contributed by atoms with Crippen molar-refractivity contribution < 1.29 is 24.2 Å². The zero-order valence-corrected chi connectivity index (χ0v) is 14.7. The predicted octanol–water partition coefficient (Wildman–Crippen LogP) is 2.00. The summed E-state index contributed by atoms with van der Waals surface area (Å²) in [6.45, 7) is 2.73. The summed E-state index contributed by atoms with van der Waals surface area (Å²) in [7, 11) is 4.77. The Hall–Kier alpha value is -2.44. The number of nitrogens with one attached hydrogen (secondary N) is 1. The summed E-state index contributed by atoms with van der Waals surface area (Å²) in [5.74, 6) is 0.665. The summed E-state index contributed by atoms with van der Waals surface area (Å²) in [4.78, 5) is 23.8. The van der Waals surface area contributed by atoms with Gasteiger partial charge < -0.3 is 24.8 Å². The lowest BCUT2D eigenvalue weighted by Crippen LogP contribution is -2.40. The van der Waals surface area contributed by atoms with Crippen molar-refractivity contribution in [3.05, 3.63) is 23.8 Å². The van der Waals surface area contributed by atoms with Crippen LogP contribution in [0.2, 0.25) is 0 Å². The molecular formula is C17H26N2O5. The van der Waals surface area contributed by atoms with Gasteiger partial charge in [0.25, 0.3) is 0 Å². The van der Waals surface area contributed by atoms with Crippen LogP contribution in [0.25, 0.3) is 0 Å². The second kappa shape index (κ2) is 9.64. The quantitative estimate of drug-likeness (QED) is 0.719. The molecule has 0 aromatic heterocycles. The number of urea groups is 1. The molecule has 7 heteroatoms. The Balaban J connectivity index is 2.47. The van der Waals surface area contributed by atoms with E-state index in [4.69, 9.17) is 14.6 Å². The molecule has 1 rings (SSSR count). The molecule has 1 aromatic carbocycles. The first-order chi connectivity index (χ1) is 11.4. The van der Waals surface area contributed by atoms with Crippen molar-refractivity contribution >= 4 is 12.0 Å². The van der Waals surface area contributed by atoms with Gasteiger partial charge in [-0.25, -0.2) is 4.79 Å². The molecule has 0 heterocycles. The number of benzene rings is 1. The standard InChI is InChI=1S/C17H26N2O5/c1-12(11-18-17(22)19(2)8-7-16(20)21)9-13-5-6-14(23-3)15(10-13)24-4/h5-6,10,12H,7-9,11H2,1-4H3,(H,18,22)(H,20,21).